The maximum absolute atomic E-state index is 13.0. The minimum absolute atomic E-state index is 0.0128. The molecule has 3 atom stereocenters. The predicted octanol–water partition coefficient (Wildman–Crippen LogP) is 19.9. The van der Waals surface area contributed by atoms with E-state index in [1.54, 1.807) is 6.08 Å². The molecule has 1 amide bonds. The zero-order valence-electron chi connectivity index (χ0n) is 51.6. The lowest BCUT2D eigenvalue weighted by Gasteiger charge is -2.29. The van der Waals surface area contributed by atoms with Crippen LogP contribution in [0.15, 0.2) is 97.2 Å². The van der Waals surface area contributed by atoms with E-state index in [0.29, 0.717) is 17.4 Å². The van der Waals surface area contributed by atoms with E-state index in [2.05, 4.69) is 104 Å². The molecule has 0 radical (unpaired) electrons. The lowest BCUT2D eigenvalue weighted by molar-refractivity contribution is -0.870. The molecule has 0 heterocycles. The van der Waals surface area contributed by atoms with Crippen molar-refractivity contribution in [3.05, 3.63) is 97.2 Å². The number of phosphoric acid groups is 1. The monoisotopic (exact) mass is 1110 g/mol. The summed E-state index contributed by atoms with van der Waals surface area (Å²) in [6.07, 6.45) is 85.1. The van der Waals surface area contributed by atoms with Crippen LogP contribution in [-0.4, -0.2) is 68.5 Å². The van der Waals surface area contributed by atoms with Crippen molar-refractivity contribution in [3.8, 4) is 0 Å². The van der Waals surface area contributed by atoms with Crippen molar-refractivity contribution in [1.82, 2.24) is 5.32 Å². The van der Waals surface area contributed by atoms with Crippen LogP contribution in [-0.2, 0) is 18.4 Å². The fraction of sp³-hybridized carbons (Fsp3) is 0.754. The molecule has 9 heteroatoms. The molecular formula is C69H125N2O6P. The number of amides is 1. The highest BCUT2D eigenvalue weighted by atomic mass is 31.2. The van der Waals surface area contributed by atoms with Crippen molar-refractivity contribution in [2.75, 3.05) is 40.9 Å². The third kappa shape index (κ3) is 61.0. The van der Waals surface area contributed by atoms with Gasteiger partial charge >= 0.3 is 0 Å². The first-order valence-electron chi connectivity index (χ1n) is 32.6. The van der Waals surface area contributed by atoms with Crippen molar-refractivity contribution in [1.29, 1.82) is 0 Å². The summed E-state index contributed by atoms with van der Waals surface area (Å²) in [7, 11) is 1.23. The second-order valence-electron chi connectivity index (χ2n) is 23.1. The van der Waals surface area contributed by atoms with Gasteiger partial charge < -0.3 is 28.8 Å². The van der Waals surface area contributed by atoms with Crippen molar-refractivity contribution in [3.63, 3.8) is 0 Å². The summed E-state index contributed by atoms with van der Waals surface area (Å²) in [5.74, 6) is -0.214. The second kappa shape index (κ2) is 59.1. The zero-order chi connectivity index (χ0) is 57.0. The lowest BCUT2D eigenvalue weighted by Crippen LogP contribution is -2.45. The summed E-state index contributed by atoms with van der Waals surface area (Å²) in [6, 6.07) is -0.918. The van der Waals surface area contributed by atoms with E-state index < -0.39 is 26.6 Å². The summed E-state index contributed by atoms with van der Waals surface area (Å²) >= 11 is 0. The lowest BCUT2D eigenvalue weighted by atomic mass is 10.0. The smallest absolute Gasteiger partial charge is 0.268 e. The molecule has 0 spiro atoms. The van der Waals surface area contributed by atoms with E-state index >= 15 is 0 Å². The summed E-state index contributed by atoms with van der Waals surface area (Å²) in [6.45, 7) is 4.53. The number of aliphatic hydroxyl groups is 1. The molecule has 0 aliphatic carbocycles. The average molecular weight is 1110 g/mol. The van der Waals surface area contributed by atoms with Gasteiger partial charge in [-0.05, 0) is 89.9 Å². The Bertz CT molecular complexity index is 1590. The Kier molecular flexibility index (Phi) is 57.1. The quantitative estimate of drug-likeness (QED) is 0.0272. The van der Waals surface area contributed by atoms with Gasteiger partial charge in [-0.2, -0.15) is 0 Å². The Morgan fingerprint density at radius 3 is 1.19 bits per heavy atom. The number of unbranched alkanes of at least 4 members (excludes halogenated alkanes) is 32. The van der Waals surface area contributed by atoms with Gasteiger partial charge in [-0.15, -0.1) is 0 Å². The van der Waals surface area contributed by atoms with E-state index in [0.717, 1.165) is 77.0 Å². The number of likely N-dealkylation sites (N-methyl/N-ethyl adjacent to an activating group) is 1. The third-order valence-electron chi connectivity index (χ3n) is 14.3. The van der Waals surface area contributed by atoms with Crippen LogP contribution in [0, 0.1) is 0 Å². The Labute approximate surface area is 483 Å². The first kappa shape index (κ1) is 75.4. The predicted molar refractivity (Wildman–Crippen MR) is 339 cm³/mol. The number of quaternary nitrogens is 1. The zero-order valence-corrected chi connectivity index (χ0v) is 52.5. The standard InChI is InChI=1S/C69H125N2O6P/c1-6-8-10-12-14-16-18-20-22-24-26-28-30-32-34-35-37-39-41-43-45-47-49-51-53-55-57-59-61-63-69(73)70-67(66-77-78(74,75)76-65-64-71(3,4)5)68(72)62-60-58-56-54-52-50-48-46-44-42-40-38-36-33-31-29-27-25-23-21-19-17-15-13-11-9-7-2/h8,10,14,16,20,22,26,28,32,34,44,46,52,54,60,62,67-68,72H,6-7,9,11-13,15,17-19,21,23-25,27,29-31,33,35-43,45,47-51,53,55-59,61,63-66H2,1-5H3,(H-,70,73,74,75)/b10-8-,16-14-,22-20-,28-26-,34-32-,46-44+,54-52+,62-60+. The van der Waals surface area contributed by atoms with Crippen LogP contribution in [0.4, 0.5) is 0 Å². The number of aliphatic hydroxyl groups excluding tert-OH is 1. The minimum Gasteiger partial charge on any atom is -0.756 e. The van der Waals surface area contributed by atoms with Crippen LogP contribution < -0.4 is 10.2 Å². The fourth-order valence-corrected chi connectivity index (χ4v) is 9.94. The van der Waals surface area contributed by atoms with Gasteiger partial charge in [-0.3, -0.25) is 9.36 Å². The largest absolute Gasteiger partial charge is 0.756 e. The highest BCUT2D eigenvalue weighted by Gasteiger charge is 2.23. The molecule has 0 aromatic carbocycles. The molecule has 8 nitrogen and oxygen atoms in total. The molecule has 0 aliphatic rings. The van der Waals surface area contributed by atoms with Crippen LogP contribution in [0.25, 0.3) is 0 Å². The van der Waals surface area contributed by atoms with E-state index in [-0.39, 0.29) is 12.5 Å². The number of nitrogens with zero attached hydrogens (tertiary/aromatic N) is 1. The fourth-order valence-electron chi connectivity index (χ4n) is 9.21. The van der Waals surface area contributed by atoms with Gasteiger partial charge in [0, 0.05) is 6.42 Å². The van der Waals surface area contributed by atoms with Gasteiger partial charge in [0.05, 0.1) is 39.9 Å². The molecule has 2 N–H and O–H groups in total. The molecule has 0 saturated carbocycles. The molecule has 3 unspecified atom stereocenters. The highest BCUT2D eigenvalue weighted by molar-refractivity contribution is 7.45. The number of carbonyl (C=O) groups excluding carboxylic acids is 1. The first-order chi connectivity index (χ1) is 38.0. The number of phosphoric ester groups is 1. The second-order valence-corrected chi connectivity index (χ2v) is 24.5. The summed E-state index contributed by atoms with van der Waals surface area (Å²) in [5, 5.41) is 13.9. The molecule has 78 heavy (non-hydrogen) atoms. The number of rotatable bonds is 59. The molecule has 0 aromatic heterocycles. The Balaban J connectivity index is 4.21. The normalized spacial score (nSPS) is 14.4. The molecule has 0 fully saturated rings. The molecule has 0 rings (SSSR count). The molecule has 452 valence electrons. The molecular weight excluding hydrogens is 984 g/mol. The highest BCUT2D eigenvalue weighted by Crippen LogP contribution is 2.38. The van der Waals surface area contributed by atoms with Crippen LogP contribution in [0.2, 0.25) is 0 Å². The molecule has 0 saturated heterocycles. The Morgan fingerprint density at radius 2 is 0.795 bits per heavy atom. The summed E-state index contributed by atoms with van der Waals surface area (Å²) in [4.78, 5) is 25.6. The van der Waals surface area contributed by atoms with Crippen molar-refractivity contribution < 1.29 is 32.9 Å². The number of carbonyl (C=O) groups is 1. The number of hydrogen-bond acceptors (Lipinski definition) is 6. The third-order valence-corrected chi connectivity index (χ3v) is 15.2. The van der Waals surface area contributed by atoms with Crippen LogP contribution in [0.5, 0.6) is 0 Å². The number of hydrogen-bond donors (Lipinski definition) is 2. The van der Waals surface area contributed by atoms with Crippen LogP contribution in [0.3, 0.4) is 0 Å². The number of nitrogens with one attached hydrogen (secondary N) is 1. The maximum atomic E-state index is 13.0. The van der Waals surface area contributed by atoms with Gasteiger partial charge in [-0.1, -0.05) is 284 Å². The molecule has 0 aromatic rings. The van der Waals surface area contributed by atoms with Crippen molar-refractivity contribution in [2.24, 2.45) is 0 Å². The van der Waals surface area contributed by atoms with E-state index in [1.165, 1.54) is 186 Å². The first-order valence-corrected chi connectivity index (χ1v) is 34.1. The molecule has 0 aliphatic heterocycles. The molecule has 0 bridgehead atoms. The van der Waals surface area contributed by atoms with E-state index in [4.69, 9.17) is 9.05 Å². The minimum atomic E-state index is -4.62. The topological polar surface area (TPSA) is 108 Å². The number of allylic oxidation sites excluding steroid dienone is 15. The van der Waals surface area contributed by atoms with Gasteiger partial charge in [0.15, 0.2) is 0 Å². The van der Waals surface area contributed by atoms with Crippen LogP contribution in [0.1, 0.15) is 284 Å². The van der Waals surface area contributed by atoms with Gasteiger partial charge in [-0.25, -0.2) is 0 Å². The summed E-state index contributed by atoms with van der Waals surface area (Å²) in [5.41, 5.74) is 0. The van der Waals surface area contributed by atoms with E-state index in [9.17, 15) is 19.4 Å². The SMILES string of the molecule is CC/C=C\C/C=C\C/C=C\C/C=C\C/C=C\CCCCCCCCCCCCCCCC(=O)NC(COP(=O)([O-])OCC[N+](C)(C)C)C(O)/C=C/CC/C=C/CC/C=C/CCCCCCCCCCCCCCCCCCC. The van der Waals surface area contributed by atoms with Gasteiger partial charge in [0.2, 0.25) is 5.91 Å². The van der Waals surface area contributed by atoms with Gasteiger partial charge in [0.25, 0.3) is 7.82 Å². The van der Waals surface area contributed by atoms with Crippen molar-refractivity contribution >= 4 is 13.7 Å². The Hall–Kier alpha value is -2.58. The van der Waals surface area contributed by atoms with Gasteiger partial charge in [0.1, 0.15) is 13.2 Å². The van der Waals surface area contributed by atoms with Crippen LogP contribution >= 0.6 is 7.82 Å². The maximum Gasteiger partial charge on any atom is 0.268 e. The van der Waals surface area contributed by atoms with Crippen molar-refractivity contribution in [2.45, 2.75) is 296 Å². The van der Waals surface area contributed by atoms with E-state index in [1.807, 2.05) is 27.2 Å². The Morgan fingerprint density at radius 1 is 0.462 bits per heavy atom. The average Bonchev–Trinajstić information content (AvgIpc) is 3.41. The summed E-state index contributed by atoms with van der Waals surface area (Å²) < 4.78 is 23.4.